The minimum Gasteiger partial charge on any atom is -0.312 e. The first-order valence-electron chi connectivity index (χ1n) is 13.8. The van der Waals surface area contributed by atoms with E-state index in [9.17, 15) is 15.3 Å². The molecule has 0 N–H and O–H groups in total. The number of allylic oxidation sites excluding steroid dienone is 1. The zero-order chi connectivity index (χ0) is 37.1. The Hall–Kier alpha value is -7.63. The van der Waals surface area contributed by atoms with Crippen LogP contribution in [0.4, 0.5) is 10.5 Å². The van der Waals surface area contributed by atoms with Gasteiger partial charge in [-0.05, 0) is 98.1 Å². The quantitative estimate of drug-likeness (QED) is 0.189. The van der Waals surface area contributed by atoms with E-state index in [1.165, 1.54) is 24.3 Å². The molecule has 0 saturated heterocycles. The van der Waals surface area contributed by atoms with Crippen molar-refractivity contribution in [3.05, 3.63) is 159 Å². The molecule has 4 aromatic carbocycles. The van der Waals surface area contributed by atoms with Gasteiger partial charge in [0.15, 0.2) is 11.5 Å². The van der Waals surface area contributed by atoms with Crippen LogP contribution in [0.15, 0.2) is 95.4 Å². The molecule has 51 heavy (non-hydrogen) atoms. The van der Waals surface area contributed by atoms with Gasteiger partial charge in [0.05, 0.1) is 57.7 Å². The van der Waals surface area contributed by atoms with E-state index in [-0.39, 0.29) is 29.2 Å². The van der Waals surface area contributed by atoms with Gasteiger partial charge in [0.2, 0.25) is 6.54 Å². The molecule has 13 nitrogen and oxygen atoms in total. The third kappa shape index (κ3) is 8.27. The van der Waals surface area contributed by atoms with E-state index in [1.54, 1.807) is 36.4 Å². The third-order valence-corrected chi connectivity index (χ3v) is 7.94. The van der Waals surface area contributed by atoms with Crippen molar-refractivity contribution in [2.24, 2.45) is 20.0 Å². The van der Waals surface area contributed by atoms with Gasteiger partial charge in [-0.15, -0.1) is 0 Å². The third-order valence-electron chi connectivity index (χ3n) is 6.62. The zero-order valence-corrected chi connectivity index (χ0v) is 28.7. The predicted molar refractivity (Wildman–Crippen MR) is 184 cm³/mol. The molecule has 0 atom stereocenters. The normalized spacial score (nSPS) is 11.8. The predicted octanol–water partition coefficient (Wildman–Crippen LogP) is 5.43. The van der Waals surface area contributed by atoms with Crippen LogP contribution >= 0.6 is 31.9 Å². The number of carbonyl (C=O) groups excluding carboxylic acids is 1. The number of halogens is 2. The molecular formula is C36H12Br2N12O. The second-order valence-electron chi connectivity index (χ2n) is 9.79. The summed E-state index contributed by atoms with van der Waals surface area (Å²) in [5, 5.41) is 55.7. The van der Waals surface area contributed by atoms with Gasteiger partial charge in [-0.2, -0.15) is 41.6 Å². The minimum atomic E-state index is -0.551. The fourth-order valence-corrected chi connectivity index (χ4v) is 5.26. The monoisotopic (exact) mass is 786 g/mol. The van der Waals surface area contributed by atoms with Crippen molar-refractivity contribution in [1.29, 1.82) is 31.6 Å². The first-order valence-corrected chi connectivity index (χ1v) is 15.4. The maximum atomic E-state index is 10.8. The summed E-state index contributed by atoms with van der Waals surface area (Å²) in [5.74, 6) is 0.151. The summed E-state index contributed by atoms with van der Waals surface area (Å²) in [4.78, 5) is 33.2. The average Bonchev–Trinajstić information content (AvgIpc) is 3.75. The first kappa shape index (κ1) is 36.2. The maximum Gasteiger partial charge on any atom is 0.368 e. The van der Waals surface area contributed by atoms with E-state index in [2.05, 4.69) is 67.6 Å². The molecule has 6 rings (SSSR count). The van der Waals surface area contributed by atoms with Crippen LogP contribution in [0.25, 0.3) is 15.3 Å². The van der Waals surface area contributed by atoms with E-state index in [0.29, 0.717) is 63.8 Å². The van der Waals surface area contributed by atoms with Gasteiger partial charge in [-0.25, -0.2) is 26.2 Å². The number of benzene rings is 4. The van der Waals surface area contributed by atoms with Crippen LogP contribution in [0.3, 0.4) is 0 Å². The van der Waals surface area contributed by atoms with Crippen LogP contribution in [0.5, 0.6) is 0 Å². The molecule has 0 aromatic heterocycles. The smallest absolute Gasteiger partial charge is 0.312 e. The van der Waals surface area contributed by atoms with Crippen molar-refractivity contribution < 1.29 is 4.79 Å². The number of carbonyl (C=O) groups is 1. The zero-order valence-electron chi connectivity index (χ0n) is 25.5. The van der Waals surface area contributed by atoms with Gasteiger partial charge in [-0.3, -0.25) is 0 Å². The summed E-state index contributed by atoms with van der Waals surface area (Å²) in [6.45, 7) is 14.0. The van der Waals surface area contributed by atoms with Crippen LogP contribution in [0.1, 0.15) is 38.9 Å². The molecule has 0 bridgehead atoms. The fraction of sp³-hybridized carbons (Fsp3) is 0.0278. The van der Waals surface area contributed by atoms with Gasteiger partial charge in [0.25, 0.3) is 0 Å². The van der Waals surface area contributed by atoms with Gasteiger partial charge in [0.1, 0.15) is 34.5 Å². The van der Waals surface area contributed by atoms with Crippen LogP contribution in [-0.2, 0) is 6.54 Å². The molecule has 236 valence electrons. The standard InChI is InChI=1S/C18H5BrN6.C10H5N3.C8H2BrN3O/c1-23-12-5-10(7-20)4-11(6-12)13(8-21)18-24-16-3-2-15(19)14(9-22)17(16)25-18;1-13-7-10-3-8(5-11)2-9(4-10)6-12;9-5-1-2-6-7(4(5)3-10)12-8(13)11-6/h2-6H;2-4H,7H2;1-2H/b18-13-;;. The second-order valence-corrected chi connectivity index (χ2v) is 11.5. The van der Waals surface area contributed by atoms with E-state index < -0.39 is 6.03 Å². The van der Waals surface area contributed by atoms with Crippen LogP contribution in [0.2, 0.25) is 0 Å². The van der Waals surface area contributed by atoms with Crippen LogP contribution in [0, 0.1) is 81.1 Å². The lowest BCUT2D eigenvalue weighted by Crippen LogP contribution is -2.24. The molecule has 0 saturated carbocycles. The van der Waals surface area contributed by atoms with Crippen molar-refractivity contribution in [3.8, 4) is 36.4 Å². The average molecular weight is 788 g/mol. The largest absolute Gasteiger partial charge is 0.368 e. The fourth-order valence-electron chi connectivity index (χ4n) is 4.44. The molecule has 0 fully saturated rings. The lowest BCUT2D eigenvalue weighted by atomic mass is 10.0. The van der Waals surface area contributed by atoms with Gasteiger partial charge in [0, 0.05) is 20.1 Å². The number of rotatable bonds is 2. The molecule has 0 aliphatic carbocycles. The Morgan fingerprint density at radius 1 is 0.667 bits per heavy atom. The Morgan fingerprint density at radius 3 is 1.73 bits per heavy atom. The number of nitriles is 6. The van der Waals surface area contributed by atoms with Gasteiger partial charge >= 0.3 is 6.03 Å². The summed E-state index contributed by atoms with van der Waals surface area (Å²) in [7, 11) is 0. The van der Waals surface area contributed by atoms with Crippen molar-refractivity contribution in [3.63, 3.8) is 0 Å². The maximum absolute atomic E-state index is 10.8. The number of hydrogen-bond donors (Lipinski definition) is 0. The summed E-state index contributed by atoms with van der Waals surface area (Å²) >= 11 is 6.49. The van der Waals surface area contributed by atoms with Crippen LogP contribution < -0.4 is 21.4 Å². The number of urea groups is 1. The van der Waals surface area contributed by atoms with Crippen molar-refractivity contribution in [1.82, 2.24) is 0 Å². The van der Waals surface area contributed by atoms with Gasteiger partial charge in [-0.1, -0.05) is 0 Å². The van der Waals surface area contributed by atoms with E-state index in [4.69, 9.17) is 34.2 Å². The molecule has 2 aliphatic heterocycles. The lowest BCUT2D eigenvalue weighted by Gasteiger charge is -2.02. The Kier molecular flexibility index (Phi) is 11.7. The van der Waals surface area contributed by atoms with E-state index >= 15 is 0 Å². The Balaban J connectivity index is 0.000000189. The van der Waals surface area contributed by atoms with Gasteiger partial charge < -0.3 is 4.85 Å². The summed E-state index contributed by atoms with van der Waals surface area (Å²) in [6, 6.07) is 27.3. The number of nitrogens with zero attached hydrogens (tertiary/aromatic N) is 12. The number of hydrogen-bond acceptors (Lipinski definition) is 9. The molecule has 2 amide bonds. The summed E-state index contributed by atoms with van der Waals surface area (Å²) in [5.41, 5.74) is 3.30. The topological polar surface area (TPSA) is 218 Å². The van der Waals surface area contributed by atoms with Crippen molar-refractivity contribution in [2.45, 2.75) is 6.54 Å². The first-order chi connectivity index (χ1) is 24.6. The Morgan fingerprint density at radius 2 is 1.22 bits per heavy atom. The highest BCUT2D eigenvalue weighted by Gasteiger charge is 2.16. The Labute approximate surface area is 305 Å². The molecule has 15 heteroatoms. The molecule has 0 radical (unpaired) electrons. The molecule has 4 aromatic rings. The highest BCUT2D eigenvalue weighted by Crippen LogP contribution is 2.26. The second kappa shape index (κ2) is 16.5. The molecular weight excluding hydrogens is 776 g/mol. The Bertz CT molecular complexity index is 2760. The molecule has 0 unspecified atom stereocenters. The highest BCUT2D eigenvalue weighted by atomic mass is 79.9. The highest BCUT2D eigenvalue weighted by molar-refractivity contribution is 9.10. The lowest BCUT2D eigenvalue weighted by molar-refractivity contribution is 0.256. The number of fused-ring (bicyclic) bond motifs is 2. The van der Waals surface area contributed by atoms with Crippen molar-refractivity contribution >= 4 is 49.2 Å². The summed E-state index contributed by atoms with van der Waals surface area (Å²) in [6.07, 6.45) is 0. The summed E-state index contributed by atoms with van der Waals surface area (Å²) < 4.78 is 1.22. The molecule has 2 heterocycles. The number of amides is 2. The van der Waals surface area contributed by atoms with E-state index in [1.807, 2.05) is 30.3 Å². The van der Waals surface area contributed by atoms with Crippen molar-refractivity contribution in [2.75, 3.05) is 0 Å². The SMILES string of the molecule is N#Cc1c(Br)ccc2c1=NC(=O)N=2.[C-]#[N+]Cc1cc(C#N)cc(C#N)c1.[C-]#[N+]c1cc(C#N)cc(/C(C#N)=C2/N=c3ccc(Br)c(C#N)c3=N2)c1. The molecule has 0 spiro atoms. The van der Waals surface area contributed by atoms with Crippen LogP contribution in [-0.4, -0.2) is 6.03 Å². The minimum absolute atomic E-state index is 0.137. The molecule has 2 aliphatic rings. The van der Waals surface area contributed by atoms with E-state index in [0.717, 1.165) is 0 Å².